The Labute approximate surface area is 106 Å². The number of nitrogens with one attached hydrogen (secondary N) is 1. The summed E-state index contributed by atoms with van der Waals surface area (Å²) in [5, 5.41) is 3.57. The lowest BCUT2D eigenvalue weighted by Crippen LogP contribution is -2.33. The number of aryl methyl sites for hydroxylation is 1. The number of benzene rings is 1. The molecule has 1 unspecified atom stereocenters. The first-order chi connectivity index (χ1) is 8.17. The van der Waals surface area contributed by atoms with Gasteiger partial charge in [0.15, 0.2) is 0 Å². The van der Waals surface area contributed by atoms with E-state index >= 15 is 0 Å². The smallest absolute Gasteiger partial charge is 0.0449 e. The summed E-state index contributed by atoms with van der Waals surface area (Å²) >= 11 is 0. The molecule has 96 valence electrons. The Balaban J connectivity index is 2.71. The first kappa shape index (κ1) is 14.2. The molecule has 1 aromatic rings. The lowest BCUT2D eigenvalue weighted by atomic mass is 10.0. The average molecular weight is 234 g/mol. The van der Waals surface area contributed by atoms with Crippen LogP contribution in [0.2, 0.25) is 0 Å². The van der Waals surface area contributed by atoms with Crippen LogP contribution in [0.5, 0.6) is 0 Å². The number of hydrogen-bond acceptors (Lipinski definition) is 2. The van der Waals surface area contributed by atoms with Gasteiger partial charge in [0.25, 0.3) is 0 Å². The van der Waals surface area contributed by atoms with Gasteiger partial charge in [-0.05, 0) is 39.0 Å². The van der Waals surface area contributed by atoms with Crippen LogP contribution in [0.15, 0.2) is 24.3 Å². The predicted molar refractivity (Wildman–Crippen MR) is 75.4 cm³/mol. The van der Waals surface area contributed by atoms with Gasteiger partial charge in [-0.3, -0.25) is 0 Å². The van der Waals surface area contributed by atoms with E-state index in [1.54, 1.807) is 0 Å². The third-order valence-corrected chi connectivity index (χ3v) is 2.99. The van der Waals surface area contributed by atoms with Crippen LogP contribution in [-0.4, -0.2) is 31.6 Å². The zero-order valence-corrected chi connectivity index (χ0v) is 11.7. The van der Waals surface area contributed by atoms with E-state index in [9.17, 15) is 0 Å². The summed E-state index contributed by atoms with van der Waals surface area (Å²) in [7, 11) is 2.20. The second-order valence-electron chi connectivity index (χ2n) is 4.79. The molecule has 0 radical (unpaired) electrons. The van der Waals surface area contributed by atoms with Crippen molar-refractivity contribution in [3.05, 3.63) is 35.4 Å². The maximum Gasteiger partial charge on any atom is 0.0449 e. The van der Waals surface area contributed by atoms with E-state index in [-0.39, 0.29) is 0 Å². The number of hydrogen-bond donors (Lipinski definition) is 1. The summed E-state index contributed by atoms with van der Waals surface area (Å²) in [4.78, 5) is 2.40. The van der Waals surface area contributed by atoms with Crippen LogP contribution in [0.1, 0.15) is 37.4 Å². The largest absolute Gasteiger partial charge is 0.309 e. The molecule has 0 aliphatic rings. The number of likely N-dealkylation sites (N-methyl/N-ethyl adjacent to an activating group) is 2. The summed E-state index contributed by atoms with van der Waals surface area (Å²) in [6.45, 7) is 9.80. The zero-order chi connectivity index (χ0) is 12.7. The molecule has 1 N–H and O–H groups in total. The Morgan fingerprint density at radius 1 is 1.29 bits per heavy atom. The van der Waals surface area contributed by atoms with Crippen molar-refractivity contribution in [1.29, 1.82) is 0 Å². The Kier molecular flexibility index (Phi) is 6.23. The van der Waals surface area contributed by atoms with Crippen LogP contribution >= 0.6 is 0 Å². The molecule has 0 fully saturated rings. The minimum absolute atomic E-state index is 0.441. The Morgan fingerprint density at radius 2 is 2.06 bits per heavy atom. The van der Waals surface area contributed by atoms with Gasteiger partial charge in [-0.2, -0.15) is 0 Å². The molecule has 0 saturated heterocycles. The summed E-state index contributed by atoms with van der Waals surface area (Å²) < 4.78 is 0. The van der Waals surface area contributed by atoms with Gasteiger partial charge in [0.05, 0.1) is 0 Å². The highest BCUT2D eigenvalue weighted by Crippen LogP contribution is 2.15. The monoisotopic (exact) mass is 234 g/mol. The Bertz CT molecular complexity index is 322. The first-order valence-corrected chi connectivity index (χ1v) is 6.65. The third-order valence-electron chi connectivity index (χ3n) is 2.99. The standard InChI is InChI=1S/C15H26N2/c1-5-10-17(4)12-15(16-6-2)14-9-7-8-13(3)11-14/h7-9,11,15-16H,5-6,10,12H2,1-4H3. The van der Waals surface area contributed by atoms with Crippen LogP contribution in [0.4, 0.5) is 0 Å². The molecule has 1 atom stereocenters. The van der Waals surface area contributed by atoms with Crippen LogP contribution in [0.25, 0.3) is 0 Å². The van der Waals surface area contributed by atoms with Crippen molar-refractivity contribution in [1.82, 2.24) is 10.2 Å². The number of nitrogens with zero attached hydrogens (tertiary/aromatic N) is 1. The van der Waals surface area contributed by atoms with Crippen molar-refractivity contribution in [2.24, 2.45) is 0 Å². The highest BCUT2D eigenvalue weighted by Gasteiger charge is 2.12. The van der Waals surface area contributed by atoms with Gasteiger partial charge in [-0.1, -0.05) is 43.7 Å². The molecule has 1 rings (SSSR count). The highest BCUT2D eigenvalue weighted by atomic mass is 15.1. The van der Waals surface area contributed by atoms with E-state index in [1.807, 2.05) is 0 Å². The van der Waals surface area contributed by atoms with E-state index in [0.717, 1.165) is 19.6 Å². The topological polar surface area (TPSA) is 15.3 Å². The molecule has 0 bridgehead atoms. The molecule has 2 nitrogen and oxygen atoms in total. The van der Waals surface area contributed by atoms with Crippen molar-refractivity contribution >= 4 is 0 Å². The predicted octanol–water partition coefficient (Wildman–Crippen LogP) is 2.99. The molecule has 0 saturated carbocycles. The molecule has 0 heterocycles. The van der Waals surface area contributed by atoms with Crippen molar-refractivity contribution in [3.63, 3.8) is 0 Å². The van der Waals surface area contributed by atoms with E-state index in [4.69, 9.17) is 0 Å². The van der Waals surface area contributed by atoms with Crippen LogP contribution in [-0.2, 0) is 0 Å². The highest BCUT2D eigenvalue weighted by molar-refractivity contribution is 5.25. The fourth-order valence-corrected chi connectivity index (χ4v) is 2.21. The third kappa shape index (κ3) is 4.88. The van der Waals surface area contributed by atoms with E-state index in [2.05, 4.69) is 62.3 Å². The van der Waals surface area contributed by atoms with Crippen LogP contribution in [0, 0.1) is 6.92 Å². The molecular formula is C15H26N2. The van der Waals surface area contributed by atoms with E-state index in [1.165, 1.54) is 17.5 Å². The van der Waals surface area contributed by atoms with E-state index in [0.29, 0.717) is 6.04 Å². The van der Waals surface area contributed by atoms with Crippen LogP contribution < -0.4 is 5.32 Å². The summed E-state index contributed by atoms with van der Waals surface area (Å²) in [5.41, 5.74) is 2.73. The summed E-state index contributed by atoms with van der Waals surface area (Å²) in [6, 6.07) is 9.25. The minimum atomic E-state index is 0.441. The van der Waals surface area contributed by atoms with Gasteiger partial charge in [-0.15, -0.1) is 0 Å². The lowest BCUT2D eigenvalue weighted by Gasteiger charge is -2.25. The lowest BCUT2D eigenvalue weighted by molar-refractivity contribution is 0.292. The molecule has 2 heteroatoms. The Hall–Kier alpha value is -0.860. The SMILES string of the molecule is CCCN(C)CC(NCC)c1cccc(C)c1. The maximum absolute atomic E-state index is 3.57. The molecule has 1 aromatic carbocycles. The van der Waals surface area contributed by atoms with Gasteiger partial charge >= 0.3 is 0 Å². The van der Waals surface area contributed by atoms with Crippen molar-refractivity contribution < 1.29 is 0 Å². The zero-order valence-electron chi connectivity index (χ0n) is 11.7. The fourth-order valence-electron chi connectivity index (χ4n) is 2.21. The first-order valence-electron chi connectivity index (χ1n) is 6.65. The molecule has 0 spiro atoms. The molecule has 17 heavy (non-hydrogen) atoms. The second-order valence-corrected chi connectivity index (χ2v) is 4.79. The fraction of sp³-hybridized carbons (Fsp3) is 0.600. The molecule has 0 aromatic heterocycles. The van der Waals surface area contributed by atoms with E-state index < -0.39 is 0 Å². The molecular weight excluding hydrogens is 208 g/mol. The molecule has 0 aliphatic carbocycles. The Morgan fingerprint density at radius 3 is 2.65 bits per heavy atom. The maximum atomic E-state index is 3.57. The van der Waals surface area contributed by atoms with Gasteiger partial charge in [0, 0.05) is 12.6 Å². The molecule has 0 amide bonds. The van der Waals surface area contributed by atoms with Gasteiger partial charge in [0.2, 0.25) is 0 Å². The molecule has 0 aliphatic heterocycles. The second kappa shape index (κ2) is 7.46. The minimum Gasteiger partial charge on any atom is -0.309 e. The van der Waals surface area contributed by atoms with Crippen molar-refractivity contribution in [2.45, 2.75) is 33.2 Å². The summed E-state index contributed by atoms with van der Waals surface area (Å²) in [6.07, 6.45) is 1.21. The number of rotatable bonds is 7. The van der Waals surface area contributed by atoms with Gasteiger partial charge in [-0.25, -0.2) is 0 Å². The van der Waals surface area contributed by atoms with Gasteiger partial charge in [0.1, 0.15) is 0 Å². The van der Waals surface area contributed by atoms with Crippen LogP contribution in [0.3, 0.4) is 0 Å². The normalized spacial score (nSPS) is 13.0. The average Bonchev–Trinajstić information content (AvgIpc) is 2.29. The van der Waals surface area contributed by atoms with Crippen molar-refractivity contribution in [3.8, 4) is 0 Å². The summed E-state index contributed by atoms with van der Waals surface area (Å²) in [5.74, 6) is 0. The van der Waals surface area contributed by atoms with Crippen molar-refractivity contribution in [2.75, 3.05) is 26.7 Å². The quantitative estimate of drug-likeness (QED) is 0.780. The van der Waals surface area contributed by atoms with Gasteiger partial charge < -0.3 is 10.2 Å².